The summed E-state index contributed by atoms with van der Waals surface area (Å²) in [7, 11) is -1.07. The fraction of sp³-hybridized carbons (Fsp3) is 0.600. The molecule has 0 atom stereocenters. The average molecular weight is 323 g/mol. The van der Waals surface area contributed by atoms with E-state index < -0.39 is 10.0 Å². The van der Waals surface area contributed by atoms with Gasteiger partial charge < -0.3 is 0 Å². The molecule has 124 valence electrons. The van der Waals surface area contributed by atoms with Gasteiger partial charge in [0.1, 0.15) is 5.82 Å². The summed E-state index contributed by atoms with van der Waals surface area (Å²) >= 11 is 0. The van der Waals surface area contributed by atoms with Gasteiger partial charge >= 0.3 is 0 Å². The maximum absolute atomic E-state index is 14.1. The summed E-state index contributed by atoms with van der Waals surface area (Å²) in [5, 5.41) is 5.21. The van der Waals surface area contributed by atoms with Crippen molar-refractivity contribution in [3.63, 3.8) is 0 Å². The quantitative estimate of drug-likeness (QED) is 0.572. The Kier molecular flexibility index (Phi) is 6.56. The van der Waals surface area contributed by atoms with E-state index >= 15 is 0 Å². The second kappa shape index (κ2) is 7.55. The van der Waals surface area contributed by atoms with E-state index in [4.69, 9.17) is 0 Å². The second-order valence-corrected chi connectivity index (χ2v) is 11.6. The second-order valence-electron chi connectivity index (χ2n) is 7.03. The highest BCUT2D eigenvalue weighted by atomic mass is 32.3. The average Bonchev–Trinajstić information content (AvgIpc) is 2.37. The molecule has 0 radical (unpaired) electrons. The summed E-state index contributed by atoms with van der Waals surface area (Å²) in [5.41, 5.74) is 1.56. The zero-order valence-electron chi connectivity index (χ0n) is 15.3. The number of hydrogen-bond acceptors (Lipinski definition) is 0. The van der Waals surface area contributed by atoms with Crippen LogP contribution < -0.4 is 0 Å². The summed E-state index contributed by atoms with van der Waals surface area (Å²) < 4.78 is 14.1. The van der Waals surface area contributed by atoms with Crippen LogP contribution >= 0.6 is 10.0 Å². The molecule has 1 aromatic rings. The molecule has 2 heteroatoms. The van der Waals surface area contributed by atoms with Crippen LogP contribution in [0.25, 0.3) is 0 Å². The Morgan fingerprint density at radius 1 is 0.864 bits per heavy atom. The van der Waals surface area contributed by atoms with Gasteiger partial charge in [-0.25, -0.2) is 4.39 Å². The number of rotatable bonds is 4. The van der Waals surface area contributed by atoms with Gasteiger partial charge in [0.15, 0.2) is 0 Å². The largest absolute Gasteiger partial charge is 0.207 e. The molecule has 0 saturated carbocycles. The zero-order valence-corrected chi connectivity index (χ0v) is 16.1. The van der Waals surface area contributed by atoms with E-state index in [0.29, 0.717) is 15.7 Å². The molecule has 0 amide bonds. The molecule has 1 aromatic carbocycles. The molecule has 0 aliphatic carbocycles. The third-order valence-electron chi connectivity index (χ3n) is 4.33. The van der Waals surface area contributed by atoms with Crippen molar-refractivity contribution >= 4 is 10.0 Å². The van der Waals surface area contributed by atoms with Crippen molar-refractivity contribution < 1.29 is 4.39 Å². The molecule has 0 spiro atoms. The zero-order chi connectivity index (χ0) is 17.1. The Labute approximate surface area is 138 Å². The summed E-state index contributed by atoms with van der Waals surface area (Å²) in [4.78, 5) is 0. The lowest BCUT2D eigenvalue weighted by atomic mass is 10.0. The van der Waals surface area contributed by atoms with Crippen LogP contribution in [0.15, 0.2) is 18.2 Å². The van der Waals surface area contributed by atoms with E-state index in [1.54, 1.807) is 6.07 Å². The maximum atomic E-state index is 14.1. The fourth-order valence-corrected chi connectivity index (χ4v) is 7.47. The molecule has 0 nitrogen and oxygen atoms in total. The summed E-state index contributed by atoms with van der Waals surface area (Å²) in [5.74, 6) is 3.35. The Bertz CT molecular complexity index is 537. The first kappa shape index (κ1) is 19.1. The van der Waals surface area contributed by atoms with Crippen LogP contribution in [0.4, 0.5) is 4.39 Å². The van der Waals surface area contributed by atoms with Crippen LogP contribution in [-0.2, 0) is 0 Å². The molecule has 0 heterocycles. The molecule has 0 bridgehead atoms. The van der Waals surface area contributed by atoms with Crippen LogP contribution in [0.3, 0.4) is 0 Å². The van der Waals surface area contributed by atoms with Gasteiger partial charge in [0.05, 0.1) is 0 Å². The fourth-order valence-electron chi connectivity index (χ4n) is 3.21. The van der Waals surface area contributed by atoms with Crippen LogP contribution in [0, 0.1) is 17.0 Å². The minimum Gasteiger partial charge on any atom is -0.207 e. The maximum Gasteiger partial charge on any atom is 0.127 e. The van der Waals surface area contributed by atoms with Gasteiger partial charge in [-0.1, -0.05) is 67.4 Å². The standard InChI is InChI=1S/C20H31FS/c1-14(2)19-10-9-18(13-20(19)21)11-12-22(15(3)4,16(5)6)17(7)8/h9-10,13-17H,1-8H3. The lowest BCUT2D eigenvalue weighted by Gasteiger charge is -2.46. The van der Waals surface area contributed by atoms with Crippen LogP contribution in [0.5, 0.6) is 0 Å². The molecule has 0 aliphatic heterocycles. The predicted octanol–water partition coefficient (Wildman–Crippen LogP) is 6.29. The topological polar surface area (TPSA) is 0 Å². The third kappa shape index (κ3) is 3.87. The molecular weight excluding hydrogens is 291 g/mol. The minimum atomic E-state index is -1.07. The van der Waals surface area contributed by atoms with Crippen molar-refractivity contribution in [2.75, 3.05) is 0 Å². The minimum absolute atomic E-state index is 0.138. The van der Waals surface area contributed by atoms with E-state index in [0.717, 1.165) is 11.1 Å². The number of benzene rings is 1. The highest BCUT2D eigenvalue weighted by Gasteiger charge is 2.32. The van der Waals surface area contributed by atoms with Gasteiger partial charge in [-0.15, -0.1) is 0 Å². The first-order valence-electron chi connectivity index (χ1n) is 8.25. The van der Waals surface area contributed by atoms with Gasteiger partial charge in [-0.3, -0.25) is 0 Å². The highest BCUT2D eigenvalue weighted by molar-refractivity contribution is 8.38. The molecule has 0 aromatic heterocycles. The van der Waals surface area contributed by atoms with Crippen molar-refractivity contribution in [2.24, 2.45) is 0 Å². The van der Waals surface area contributed by atoms with Crippen LogP contribution in [0.2, 0.25) is 0 Å². The lowest BCUT2D eigenvalue weighted by molar-refractivity contribution is 0.598. The Morgan fingerprint density at radius 2 is 1.36 bits per heavy atom. The van der Waals surface area contributed by atoms with E-state index in [-0.39, 0.29) is 11.7 Å². The Morgan fingerprint density at radius 3 is 1.73 bits per heavy atom. The highest BCUT2D eigenvalue weighted by Crippen LogP contribution is 2.59. The van der Waals surface area contributed by atoms with E-state index in [9.17, 15) is 4.39 Å². The first-order valence-corrected chi connectivity index (χ1v) is 10.1. The monoisotopic (exact) mass is 322 g/mol. The summed E-state index contributed by atoms with van der Waals surface area (Å²) in [6, 6.07) is 5.42. The van der Waals surface area contributed by atoms with E-state index in [1.165, 1.54) is 0 Å². The third-order valence-corrected chi connectivity index (χ3v) is 9.47. The summed E-state index contributed by atoms with van der Waals surface area (Å²) in [6.07, 6.45) is 0. The van der Waals surface area contributed by atoms with Gasteiger partial charge in [0.25, 0.3) is 0 Å². The van der Waals surface area contributed by atoms with Crippen LogP contribution in [0.1, 0.15) is 72.4 Å². The van der Waals surface area contributed by atoms with E-state index in [2.05, 4.69) is 52.7 Å². The Balaban J connectivity index is 3.27. The van der Waals surface area contributed by atoms with Crippen molar-refractivity contribution in [3.05, 3.63) is 35.1 Å². The van der Waals surface area contributed by atoms with Gasteiger partial charge in [0, 0.05) is 5.56 Å². The van der Waals surface area contributed by atoms with Crippen molar-refractivity contribution in [2.45, 2.75) is 77.1 Å². The molecule has 22 heavy (non-hydrogen) atoms. The SMILES string of the molecule is CC(C)c1ccc(C#CS(C(C)C)(C(C)C)C(C)C)cc1F. The molecule has 0 aliphatic rings. The summed E-state index contributed by atoms with van der Waals surface area (Å²) in [6.45, 7) is 17.6. The first-order chi connectivity index (χ1) is 10.1. The smallest absolute Gasteiger partial charge is 0.127 e. The van der Waals surface area contributed by atoms with Crippen molar-refractivity contribution in [1.29, 1.82) is 0 Å². The number of hydrogen-bond donors (Lipinski definition) is 0. The van der Waals surface area contributed by atoms with Crippen LogP contribution in [-0.4, -0.2) is 15.7 Å². The predicted molar refractivity (Wildman–Crippen MR) is 100 cm³/mol. The molecular formula is C20H31FS. The van der Waals surface area contributed by atoms with E-state index in [1.807, 2.05) is 26.0 Å². The molecule has 0 unspecified atom stereocenters. The Hall–Kier alpha value is -0.940. The van der Waals surface area contributed by atoms with Gasteiger partial charge in [0.2, 0.25) is 0 Å². The normalized spacial score (nSPS) is 13.0. The van der Waals surface area contributed by atoms with Gasteiger partial charge in [-0.05, 0) is 44.6 Å². The molecule has 1 rings (SSSR count). The molecule has 0 fully saturated rings. The molecule has 0 N–H and O–H groups in total. The van der Waals surface area contributed by atoms with Crippen molar-refractivity contribution in [3.8, 4) is 11.2 Å². The molecule has 0 saturated heterocycles. The van der Waals surface area contributed by atoms with Gasteiger partial charge in [-0.2, -0.15) is 10.0 Å². The van der Waals surface area contributed by atoms with Crippen molar-refractivity contribution in [1.82, 2.24) is 0 Å². The number of halogens is 1. The lowest BCUT2D eigenvalue weighted by Crippen LogP contribution is -2.27.